The lowest BCUT2D eigenvalue weighted by molar-refractivity contribution is 0.522. The Labute approximate surface area is 162 Å². The molecule has 0 aliphatic rings. The fourth-order valence-corrected chi connectivity index (χ4v) is 3.29. The zero-order chi connectivity index (χ0) is 18.8. The molecule has 3 heterocycles. The molecule has 0 saturated carbocycles. The van der Waals surface area contributed by atoms with Gasteiger partial charge < -0.3 is 8.98 Å². The molecule has 0 saturated heterocycles. The van der Waals surface area contributed by atoms with E-state index in [1.165, 1.54) is 30.0 Å². The minimum Gasteiger partial charge on any atom is -0.420 e. The van der Waals surface area contributed by atoms with Crippen LogP contribution in [0.5, 0.6) is 0 Å². The summed E-state index contributed by atoms with van der Waals surface area (Å²) in [6.45, 7) is 0. The van der Waals surface area contributed by atoms with Crippen LogP contribution in [0, 0.1) is 5.82 Å². The number of hydrogen-bond donors (Lipinski definition) is 0. The molecule has 3 aromatic heterocycles. The maximum absolute atomic E-state index is 13.9. The Hall–Kier alpha value is -2.78. The van der Waals surface area contributed by atoms with Crippen LogP contribution in [0.3, 0.4) is 0 Å². The first kappa shape index (κ1) is 17.6. The van der Waals surface area contributed by atoms with E-state index in [-0.39, 0.29) is 11.5 Å². The van der Waals surface area contributed by atoms with Gasteiger partial charge in [0.05, 0.1) is 11.3 Å². The third-order valence-corrected chi connectivity index (χ3v) is 4.92. The first-order chi connectivity index (χ1) is 13.1. The molecule has 10 heteroatoms. The Morgan fingerprint density at radius 3 is 2.85 bits per heavy atom. The Kier molecular flexibility index (Phi) is 4.87. The number of benzene rings is 1. The van der Waals surface area contributed by atoms with Crippen LogP contribution in [0.2, 0.25) is 5.02 Å². The Morgan fingerprint density at radius 2 is 2.04 bits per heavy atom. The monoisotopic (exact) mass is 402 g/mol. The smallest absolute Gasteiger partial charge is 0.250 e. The second kappa shape index (κ2) is 7.45. The highest BCUT2D eigenvalue weighted by Crippen LogP contribution is 2.28. The molecule has 0 unspecified atom stereocenters. The second-order valence-corrected chi connectivity index (χ2v) is 6.87. The van der Waals surface area contributed by atoms with E-state index in [0.717, 1.165) is 5.69 Å². The van der Waals surface area contributed by atoms with E-state index in [0.29, 0.717) is 27.6 Å². The van der Waals surface area contributed by atoms with Gasteiger partial charge >= 0.3 is 0 Å². The third kappa shape index (κ3) is 3.69. The molecule has 7 nitrogen and oxygen atoms in total. The average Bonchev–Trinajstić information content (AvgIpc) is 3.29. The van der Waals surface area contributed by atoms with E-state index >= 15 is 0 Å². The van der Waals surface area contributed by atoms with Crippen LogP contribution >= 0.6 is 23.4 Å². The van der Waals surface area contributed by atoms with E-state index in [1.54, 1.807) is 6.20 Å². The van der Waals surface area contributed by atoms with Crippen LogP contribution in [0.1, 0.15) is 5.89 Å². The van der Waals surface area contributed by atoms with Crippen molar-refractivity contribution < 1.29 is 8.81 Å². The highest BCUT2D eigenvalue weighted by atomic mass is 35.5. The molecule has 136 valence electrons. The van der Waals surface area contributed by atoms with Crippen LogP contribution in [0.15, 0.2) is 52.2 Å². The van der Waals surface area contributed by atoms with Crippen molar-refractivity contribution in [1.29, 1.82) is 0 Å². The van der Waals surface area contributed by atoms with Crippen LogP contribution in [0.25, 0.3) is 23.0 Å². The van der Waals surface area contributed by atoms with Gasteiger partial charge in [-0.1, -0.05) is 29.4 Å². The summed E-state index contributed by atoms with van der Waals surface area (Å²) in [5.41, 5.74) is 0.901. The molecule has 0 aliphatic carbocycles. The maximum Gasteiger partial charge on any atom is 0.250 e. The molecule has 0 N–H and O–H groups in total. The van der Waals surface area contributed by atoms with Crippen molar-refractivity contribution in [2.24, 2.45) is 7.05 Å². The summed E-state index contributed by atoms with van der Waals surface area (Å²) in [4.78, 5) is 4.27. The van der Waals surface area contributed by atoms with Gasteiger partial charge in [0.2, 0.25) is 5.89 Å². The fraction of sp³-hybridized carbons (Fsp3) is 0.118. The van der Waals surface area contributed by atoms with E-state index in [2.05, 4.69) is 25.4 Å². The molecular weight excluding hydrogens is 391 g/mol. The summed E-state index contributed by atoms with van der Waals surface area (Å²) in [6.07, 6.45) is 1.70. The molecule has 0 amide bonds. The first-order valence-corrected chi connectivity index (χ1v) is 9.19. The van der Waals surface area contributed by atoms with Gasteiger partial charge in [-0.05, 0) is 30.3 Å². The van der Waals surface area contributed by atoms with Crippen LogP contribution in [-0.4, -0.2) is 29.9 Å². The quantitative estimate of drug-likeness (QED) is 0.466. The van der Waals surface area contributed by atoms with Gasteiger partial charge in [-0.15, -0.1) is 20.4 Å². The maximum atomic E-state index is 13.9. The van der Waals surface area contributed by atoms with Crippen molar-refractivity contribution >= 4 is 23.4 Å². The van der Waals surface area contributed by atoms with E-state index in [9.17, 15) is 4.39 Å². The van der Waals surface area contributed by atoms with Crippen molar-refractivity contribution in [2.75, 3.05) is 0 Å². The van der Waals surface area contributed by atoms with Gasteiger partial charge in [-0.2, -0.15) is 0 Å². The van der Waals surface area contributed by atoms with Gasteiger partial charge in [-0.3, -0.25) is 4.98 Å². The van der Waals surface area contributed by atoms with Crippen molar-refractivity contribution in [3.05, 3.63) is 59.3 Å². The molecule has 0 bridgehead atoms. The van der Waals surface area contributed by atoms with Gasteiger partial charge in [0.1, 0.15) is 11.5 Å². The second-order valence-electron chi connectivity index (χ2n) is 5.49. The van der Waals surface area contributed by atoms with Gasteiger partial charge in [0, 0.05) is 18.3 Å². The molecule has 0 fully saturated rings. The predicted molar refractivity (Wildman–Crippen MR) is 98.5 cm³/mol. The Bertz CT molecular complexity index is 1080. The van der Waals surface area contributed by atoms with Gasteiger partial charge in [0.25, 0.3) is 5.89 Å². The molecule has 4 rings (SSSR count). The summed E-state index contributed by atoms with van der Waals surface area (Å²) in [5.74, 6) is 0.971. The minimum atomic E-state index is -0.476. The lowest BCUT2D eigenvalue weighted by Crippen LogP contribution is -1.96. The summed E-state index contributed by atoms with van der Waals surface area (Å²) in [5, 5.41) is 17.2. The number of hydrogen-bond acceptors (Lipinski definition) is 7. The number of halogens is 2. The molecule has 4 aromatic rings. The highest BCUT2D eigenvalue weighted by molar-refractivity contribution is 7.98. The van der Waals surface area contributed by atoms with Crippen LogP contribution in [-0.2, 0) is 12.8 Å². The molecule has 0 atom stereocenters. The Morgan fingerprint density at radius 1 is 1.15 bits per heavy atom. The van der Waals surface area contributed by atoms with Crippen molar-refractivity contribution in [1.82, 2.24) is 29.9 Å². The minimum absolute atomic E-state index is 0.0812. The number of nitrogens with zero attached hydrogens (tertiary/aromatic N) is 6. The van der Waals surface area contributed by atoms with Crippen molar-refractivity contribution in [2.45, 2.75) is 10.9 Å². The number of rotatable bonds is 5. The van der Waals surface area contributed by atoms with Crippen LogP contribution in [0.4, 0.5) is 4.39 Å². The van der Waals surface area contributed by atoms with E-state index < -0.39 is 5.82 Å². The summed E-state index contributed by atoms with van der Waals surface area (Å²) < 4.78 is 21.3. The number of pyridine rings is 1. The normalized spacial score (nSPS) is 11.1. The summed E-state index contributed by atoms with van der Waals surface area (Å²) in [6, 6.07) is 9.76. The largest absolute Gasteiger partial charge is 0.420 e. The SMILES string of the molecule is Cn1c(SCc2nnc(-c3cc(Cl)ccc3F)o2)nnc1-c1ccccn1. The number of thioether (sulfide) groups is 1. The summed E-state index contributed by atoms with van der Waals surface area (Å²) in [7, 11) is 1.85. The fourth-order valence-electron chi connectivity index (χ4n) is 2.37. The van der Waals surface area contributed by atoms with Crippen molar-refractivity contribution in [3.63, 3.8) is 0 Å². The lowest BCUT2D eigenvalue weighted by atomic mass is 10.2. The van der Waals surface area contributed by atoms with Crippen LogP contribution < -0.4 is 0 Å². The zero-order valence-electron chi connectivity index (χ0n) is 14.0. The molecule has 0 aliphatic heterocycles. The molecule has 0 radical (unpaired) electrons. The highest BCUT2D eigenvalue weighted by Gasteiger charge is 2.16. The standard InChI is InChI=1S/C17H12ClFN6OS/c1-25-15(13-4-2-3-7-20-13)22-24-17(25)27-9-14-21-23-16(26-14)11-8-10(18)5-6-12(11)19/h2-8H,9H2,1H3. The third-order valence-electron chi connectivity index (χ3n) is 3.68. The summed E-state index contributed by atoms with van der Waals surface area (Å²) >= 11 is 7.28. The number of aromatic nitrogens is 6. The molecule has 1 aromatic carbocycles. The zero-order valence-corrected chi connectivity index (χ0v) is 15.6. The Balaban J connectivity index is 1.50. The van der Waals surface area contributed by atoms with E-state index in [4.69, 9.17) is 16.0 Å². The first-order valence-electron chi connectivity index (χ1n) is 7.83. The van der Waals surface area contributed by atoms with E-state index in [1.807, 2.05) is 29.8 Å². The lowest BCUT2D eigenvalue weighted by Gasteiger charge is -2.02. The molecular formula is C17H12ClFN6OS. The van der Waals surface area contributed by atoms with Gasteiger partial charge in [0.15, 0.2) is 11.0 Å². The van der Waals surface area contributed by atoms with Crippen molar-refractivity contribution in [3.8, 4) is 23.0 Å². The van der Waals surface area contributed by atoms with Gasteiger partial charge in [-0.25, -0.2) is 4.39 Å². The topological polar surface area (TPSA) is 82.5 Å². The predicted octanol–water partition coefficient (Wildman–Crippen LogP) is 4.01. The molecule has 0 spiro atoms. The molecule has 27 heavy (non-hydrogen) atoms. The average molecular weight is 403 g/mol.